The van der Waals surface area contributed by atoms with E-state index >= 15 is 0 Å². The van der Waals surface area contributed by atoms with Crippen LogP contribution in [-0.4, -0.2) is 57.3 Å². The highest BCUT2D eigenvalue weighted by atomic mass is 19.4. The molecule has 1 saturated heterocycles. The molecule has 0 spiro atoms. The molecule has 7 nitrogen and oxygen atoms in total. The van der Waals surface area contributed by atoms with Crippen molar-refractivity contribution in [3.8, 4) is 11.4 Å². The predicted molar refractivity (Wildman–Crippen MR) is 80.4 cm³/mol. The van der Waals surface area contributed by atoms with Gasteiger partial charge in [0.25, 0.3) is 0 Å². The maximum Gasteiger partial charge on any atom is 0.416 e. The van der Waals surface area contributed by atoms with E-state index in [1.54, 1.807) is 11.8 Å². The Balaban J connectivity index is 1.79. The molecule has 2 aromatic rings. The van der Waals surface area contributed by atoms with Gasteiger partial charge in [-0.2, -0.15) is 18.0 Å². The molecule has 10 heteroatoms. The molecule has 0 saturated carbocycles. The number of rotatable bonds is 3. The molecular weight excluding hydrogens is 339 g/mol. The topological polar surface area (TPSA) is 73.1 Å². The monoisotopic (exact) mass is 355 g/mol. The van der Waals surface area contributed by atoms with E-state index in [2.05, 4.69) is 15.4 Å². The van der Waals surface area contributed by atoms with Crippen LogP contribution in [0.15, 0.2) is 24.3 Å². The Labute approximate surface area is 141 Å². The molecular formula is C15H16F3N5O2. The average Bonchev–Trinajstić information content (AvgIpc) is 3.11. The number of alkyl halides is 3. The summed E-state index contributed by atoms with van der Waals surface area (Å²) in [6.45, 7) is 3.53. The third kappa shape index (κ3) is 3.78. The summed E-state index contributed by atoms with van der Waals surface area (Å²) in [5.41, 5.74) is -0.606. The van der Waals surface area contributed by atoms with Crippen molar-refractivity contribution in [1.82, 2.24) is 25.1 Å². The van der Waals surface area contributed by atoms with E-state index in [9.17, 15) is 18.0 Å². The zero-order chi connectivity index (χ0) is 18.0. The molecule has 1 aromatic carbocycles. The molecule has 0 N–H and O–H groups in total. The lowest BCUT2D eigenvalue weighted by Gasteiger charge is -2.28. The SMILES string of the molecule is C[C@@H](C(=O)N1CCOCC1)n1nnc(-c2cccc(C(F)(F)F)c2)n1. The summed E-state index contributed by atoms with van der Waals surface area (Å²) < 4.78 is 43.6. The van der Waals surface area contributed by atoms with Crippen molar-refractivity contribution in [2.24, 2.45) is 0 Å². The second-order valence-corrected chi connectivity index (χ2v) is 5.63. The van der Waals surface area contributed by atoms with Crippen LogP contribution in [0.1, 0.15) is 18.5 Å². The molecule has 1 fully saturated rings. The molecule has 0 bridgehead atoms. The van der Waals surface area contributed by atoms with Crippen molar-refractivity contribution in [1.29, 1.82) is 0 Å². The van der Waals surface area contributed by atoms with Gasteiger partial charge in [0.05, 0.1) is 18.8 Å². The van der Waals surface area contributed by atoms with E-state index < -0.39 is 17.8 Å². The summed E-state index contributed by atoms with van der Waals surface area (Å²) in [7, 11) is 0. The Morgan fingerprint density at radius 2 is 2.00 bits per heavy atom. The van der Waals surface area contributed by atoms with E-state index in [0.717, 1.165) is 16.9 Å². The first-order valence-corrected chi connectivity index (χ1v) is 7.70. The standard InChI is InChI=1S/C15H16F3N5O2/c1-10(14(24)22-5-7-25-8-6-22)23-20-13(19-21-23)11-3-2-4-12(9-11)15(16,17)18/h2-4,9-10H,5-8H2,1H3/t10-/m0/s1. The van der Waals surface area contributed by atoms with Crippen molar-refractivity contribution < 1.29 is 22.7 Å². The van der Waals surface area contributed by atoms with Crippen LogP contribution in [0, 0.1) is 0 Å². The van der Waals surface area contributed by atoms with Gasteiger partial charge < -0.3 is 9.64 Å². The lowest BCUT2D eigenvalue weighted by molar-refractivity contribution is -0.139. The molecule has 0 unspecified atom stereocenters. The van der Waals surface area contributed by atoms with E-state index in [4.69, 9.17) is 4.74 Å². The number of carbonyl (C=O) groups is 1. The number of halogens is 3. The van der Waals surface area contributed by atoms with Crippen molar-refractivity contribution in [2.75, 3.05) is 26.3 Å². The van der Waals surface area contributed by atoms with Crippen LogP contribution in [0.4, 0.5) is 13.2 Å². The predicted octanol–water partition coefficient (Wildman–Crippen LogP) is 1.78. The Morgan fingerprint density at radius 3 is 2.68 bits per heavy atom. The number of hydrogen-bond donors (Lipinski definition) is 0. The van der Waals surface area contributed by atoms with Crippen molar-refractivity contribution in [2.45, 2.75) is 19.1 Å². The molecule has 1 atom stereocenters. The van der Waals surface area contributed by atoms with Gasteiger partial charge in [-0.3, -0.25) is 4.79 Å². The molecule has 1 aliphatic heterocycles. The Bertz CT molecular complexity index is 756. The molecule has 2 heterocycles. The second kappa shape index (κ2) is 6.79. The number of benzene rings is 1. The number of ether oxygens (including phenoxy) is 1. The molecule has 1 amide bonds. The molecule has 0 radical (unpaired) electrons. The number of aromatic nitrogens is 4. The number of hydrogen-bond acceptors (Lipinski definition) is 5. The molecule has 1 aliphatic rings. The van der Waals surface area contributed by atoms with Crippen LogP contribution >= 0.6 is 0 Å². The minimum Gasteiger partial charge on any atom is -0.378 e. The summed E-state index contributed by atoms with van der Waals surface area (Å²) in [6.07, 6.45) is -4.45. The fourth-order valence-corrected chi connectivity index (χ4v) is 2.49. The minimum atomic E-state index is -4.45. The Morgan fingerprint density at radius 1 is 1.28 bits per heavy atom. The van der Waals surface area contributed by atoms with E-state index in [1.807, 2.05) is 0 Å². The number of tetrazole rings is 1. The fourth-order valence-electron chi connectivity index (χ4n) is 2.49. The van der Waals surface area contributed by atoms with Crippen LogP contribution in [-0.2, 0) is 15.7 Å². The van der Waals surface area contributed by atoms with Gasteiger partial charge in [-0.05, 0) is 24.3 Å². The normalized spacial score (nSPS) is 16.7. The van der Waals surface area contributed by atoms with E-state index in [-0.39, 0.29) is 17.3 Å². The first kappa shape index (κ1) is 17.3. The van der Waals surface area contributed by atoms with Gasteiger partial charge in [-0.15, -0.1) is 10.2 Å². The Hall–Kier alpha value is -2.49. The molecule has 0 aliphatic carbocycles. The van der Waals surface area contributed by atoms with Gasteiger partial charge in [0, 0.05) is 18.7 Å². The summed E-state index contributed by atoms with van der Waals surface area (Å²) >= 11 is 0. The van der Waals surface area contributed by atoms with Crippen molar-refractivity contribution in [3.05, 3.63) is 29.8 Å². The van der Waals surface area contributed by atoms with Crippen LogP contribution in [0.25, 0.3) is 11.4 Å². The maximum atomic E-state index is 12.8. The highest BCUT2D eigenvalue weighted by Crippen LogP contribution is 2.31. The van der Waals surface area contributed by atoms with Crippen LogP contribution in [0.5, 0.6) is 0 Å². The van der Waals surface area contributed by atoms with Crippen LogP contribution < -0.4 is 0 Å². The van der Waals surface area contributed by atoms with Gasteiger partial charge in [-0.25, -0.2) is 0 Å². The average molecular weight is 355 g/mol. The number of amides is 1. The summed E-state index contributed by atoms with van der Waals surface area (Å²) in [5, 5.41) is 11.7. The van der Waals surface area contributed by atoms with Gasteiger partial charge in [0.2, 0.25) is 11.7 Å². The number of nitrogens with zero attached hydrogens (tertiary/aromatic N) is 5. The summed E-state index contributed by atoms with van der Waals surface area (Å²) in [5.74, 6) is -0.149. The zero-order valence-corrected chi connectivity index (χ0v) is 13.4. The number of carbonyl (C=O) groups excluding carboxylic acids is 1. The third-order valence-electron chi connectivity index (χ3n) is 3.90. The highest BCUT2D eigenvalue weighted by molar-refractivity contribution is 5.80. The Kier molecular flexibility index (Phi) is 4.71. The molecule has 134 valence electrons. The first-order chi connectivity index (χ1) is 11.9. The van der Waals surface area contributed by atoms with Gasteiger partial charge in [0.1, 0.15) is 6.04 Å². The molecule has 3 rings (SSSR count). The number of morpholine rings is 1. The third-order valence-corrected chi connectivity index (χ3v) is 3.90. The summed E-state index contributed by atoms with van der Waals surface area (Å²) in [6, 6.07) is 3.96. The van der Waals surface area contributed by atoms with Gasteiger partial charge >= 0.3 is 6.18 Å². The summed E-state index contributed by atoms with van der Waals surface area (Å²) in [4.78, 5) is 15.2. The van der Waals surface area contributed by atoms with Gasteiger partial charge in [0.15, 0.2) is 0 Å². The lowest BCUT2D eigenvalue weighted by atomic mass is 10.1. The van der Waals surface area contributed by atoms with Crippen molar-refractivity contribution >= 4 is 5.91 Å². The largest absolute Gasteiger partial charge is 0.416 e. The zero-order valence-electron chi connectivity index (χ0n) is 13.4. The van der Waals surface area contributed by atoms with Crippen molar-refractivity contribution in [3.63, 3.8) is 0 Å². The van der Waals surface area contributed by atoms with Crippen LogP contribution in [0.3, 0.4) is 0 Å². The first-order valence-electron chi connectivity index (χ1n) is 7.70. The minimum absolute atomic E-state index is 0.0349. The van der Waals surface area contributed by atoms with Gasteiger partial charge in [-0.1, -0.05) is 12.1 Å². The smallest absolute Gasteiger partial charge is 0.378 e. The quantitative estimate of drug-likeness (QED) is 0.839. The molecule has 25 heavy (non-hydrogen) atoms. The highest BCUT2D eigenvalue weighted by Gasteiger charge is 2.31. The molecule has 1 aromatic heterocycles. The fraction of sp³-hybridized carbons (Fsp3) is 0.467. The van der Waals surface area contributed by atoms with E-state index in [0.29, 0.717) is 26.3 Å². The second-order valence-electron chi connectivity index (χ2n) is 5.63. The van der Waals surface area contributed by atoms with Crippen LogP contribution in [0.2, 0.25) is 0 Å². The van der Waals surface area contributed by atoms with E-state index in [1.165, 1.54) is 12.1 Å². The lowest BCUT2D eigenvalue weighted by Crippen LogP contribution is -2.44. The maximum absolute atomic E-state index is 12.8.